The summed E-state index contributed by atoms with van der Waals surface area (Å²) in [5, 5.41) is 15.1. The van der Waals surface area contributed by atoms with Crippen LogP contribution in [0.15, 0.2) is 18.2 Å². The van der Waals surface area contributed by atoms with Crippen LogP contribution in [0, 0.1) is 0 Å². The maximum Gasteiger partial charge on any atom is 0.246 e. The first-order chi connectivity index (χ1) is 10.2. The molecule has 1 aliphatic carbocycles. The molecule has 1 unspecified atom stereocenters. The lowest BCUT2D eigenvalue weighted by atomic mass is 9.90. The minimum atomic E-state index is -0.247. The Morgan fingerprint density at radius 1 is 1.43 bits per heavy atom. The lowest BCUT2D eigenvalue weighted by Crippen LogP contribution is -2.41. The highest BCUT2D eigenvalue weighted by atomic mass is 16.3. The number of likely N-dealkylation sites (N-methyl/N-ethyl adjacent to an activating group) is 1. The van der Waals surface area contributed by atoms with Crippen LogP contribution in [-0.2, 0) is 4.79 Å². The third kappa shape index (κ3) is 2.63. The van der Waals surface area contributed by atoms with Crippen LogP contribution in [0.3, 0.4) is 0 Å². The molecule has 1 saturated carbocycles. The molecule has 0 radical (unpaired) electrons. The summed E-state index contributed by atoms with van der Waals surface area (Å²) in [4.78, 5) is 14.3. The third-order valence-corrected chi connectivity index (χ3v) is 4.56. The quantitative estimate of drug-likeness (QED) is 0.745. The number of carbonyl (C=O) groups is 1. The largest absolute Gasteiger partial charge is 0.396 e. The van der Waals surface area contributed by atoms with E-state index in [1.807, 2.05) is 6.07 Å². The van der Waals surface area contributed by atoms with Gasteiger partial charge in [-0.05, 0) is 44.9 Å². The number of benzene rings is 1. The fourth-order valence-corrected chi connectivity index (χ4v) is 3.18. The number of anilines is 2. The molecule has 0 spiro atoms. The van der Waals surface area contributed by atoms with Gasteiger partial charge in [-0.1, -0.05) is 6.07 Å². The SMILES string of the molecule is CNC1C(=O)Nc2cc(N(CCCO)C3CCC3)ccc21. The van der Waals surface area contributed by atoms with Gasteiger partial charge in [0.25, 0.3) is 0 Å². The van der Waals surface area contributed by atoms with Crippen molar-refractivity contribution in [1.29, 1.82) is 0 Å². The van der Waals surface area contributed by atoms with Crippen LogP contribution in [0.5, 0.6) is 0 Å². The normalized spacial score (nSPS) is 20.9. The van der Waals surface area contributed by atoms with Crippen molar-refractivity contribution in [1.82, 2.24) is 5.32 Å². The first-order valence-electron chi connectivity index (χ1n) is 7.74. The highest BCUT2D eigenvalue weighted by molar-refractivity contribution is 6.03. The summed E-state index contributed by atoms with van der Waals surface area (Å²) < 4.78 is 0. The van der Waals surface area contributed by atoms with Gasteiger partial charge in [0.05, 0.1) is 0 Å². The molecule has 1 amide bonds. The molecule has 114 valence electrons. The van der Waals surface area contributed by atoms with Gasteiger partial charge in [-0.25, -0.2) is 0 Å². The van der Waals surface area contributed by atoms with Gasteiger partial charge in [0.15, 0.2) is 0 Å². The summed E-state index contributed by atoms with van der Waals surface area (Å²) in [6.07, 6.45) is 4.49. The molecule has 1 fully saturated rings. The summed E-state index contributed by atoms with van der Waals surface area (Å²) >= 11 is 0. The van der Waals surface area contributed by atoms with E-state index in [2.05, 4.69) is 27.7 Å². The third-order valence-electron chi connectivity index (χ3n) is 4.56. The fourth-order valence-electron chi connectivity index (χ4n) is 3.18. The van der Waals surface area contributed by atoms with Gasteiger partial charge in [0.2, 0.25) is 5.91 Å². The van der Waals surface area contributed by atoms with Gasteiger partial charge in [-0.3, -0.25) is 4.79 Å². The van der Waals surface area contributed by atoms with Crippen molar-refractivity contribution in [3.05, 3.63) is 23.8 Å². The Morgan fingerprint density at radius 2 is 2.24 bits per heavy atom. The number of aliphatic hydroxyl groups is 1. The lowest BCUT2D eigenvalue weighted by molar-refractivity contribution is -0.117. The summed E-state index contributed by atoms with van der Waals surface area (Å²) in [5.74, 6) is 0.00945. The Kier molecular flexibility index (Phi) is 4.12. The maximum atomic E-state index is 11.9. The van der Waals surface area contributed by atoms with Gasteiger partial charge in [0, 0.05) is 36.1 Å². The zero-order valence-electron chi connectivity index (χ0n) is 12.4. The molecule has 1 aromatic rings. The van der Waals surface area contributed by atoms with E-state index >= 15 is 0 Å². The summed E-state index contributed by atoms with van der Waals surface area (Å²) in [7, 11) is 1.80. The molecule has 5 heteroatoms. The highest BCUT2D eigenvalue weighted by Gasteiger charge is 2.31. The zero-order chi connectivity index (χ0) is 14.8. The van der Waals surface area contributed by atoms with Crippen LogP contribution < -0.4 is 15.5 Å². The Balaban J connectivity index is 1.84. The number of fused-ring (bicyclic) bond motifs is 1. The molecule has 1 aliphatic heterocycles. The molecule has 2 aliphatic rings. The standard InChI is InChI=1S/C16H23N3O2/c1-17-15-13-7-6-12(10-14(13)18-16(15)21)19(8-3-9-20)11-4-2-5-11/h6-7,10-11,15,17,20H,2-5,8-9H2,1H3,(H,18,21). The van der Waals surface area contributed by atoms with E-state index in [4.69, 9.17) is 5.11 Å². The predicted molar refractivity (Wildman–Crippen MR) is 83.6 cm³/mol. The van der Waals surface area contributed by atoms with Gasteiger partial charge < -0.3 is 20.6 Å². The van der Waals surface area contributed by atoms with Crippen molar-refractivity contribution in [3.63, 3.8) is 0 Å². The molecule has 3 rings (SSSR count). The monoisotopic (exact) mass is 289 g/mol. The number of aliphatic hydroxyl groups excluding tert-OH is 1. The van der Waals surface area contributed by atoms with Crippen LogP contribution in [0.2, 0.25) is 0 Å². The van der Waals surface area contributed by atoms with Crippen LogP contribution in [0.4, 0.5) is 11.4 Å². The number of hydrogen-bond donors (Lipinski definition) is 3. The van der Waals surface area contributed by atoms with Gasteiger partial charge in [-0.2, -0.15) is 0 Å². The number of carbonyl (C=O) groups excluding carboxylic acids is 1. The second kappa shape index (κ2) is 6.03. The van der Waals surface area contributed by atoms with Crippen LogP contribution in [-0.4, -0.2) is 37.3 Å². The Morgan fingerprint density at radius 3 is 2.86 bits per heavy atom. The van der Waals surface area contributed by atoms with Crippen molar-refractivity contribution in [3.8, 4) is 0 Å². The van der Waals surface area contributed by atoms with Crippen LogP contribution in [0.25, 0.3) is 0 Å². The Bertz CT molecular complexity index is 528. The van der Waals surface area contributed by atoms with E-state index < -0.39 is 0 Å². The topological polar surface area (TPSA) is 64.6 Å². The van der Waals surface area contributed by atoms with E-state index in [9.17, 15) is 4.79 Å². The van der Waals surface area contributed by atoms with Crippen molar-refractivity contribution in [2.75, 3.05) is 30.4 Å². The summed E-state index contributed by atoms with van der Waals surface area (Å²) in [6, 6.07) is 6.53. The number of hydrogen-bond acceptors (Lipinski definition) is 4. The number of nitrogens with one attached hydrogen (secondary N) is 2. The molecule has 5 nitrogen and oxygen atoms in total. The zero-order valence-corrected chi connectivity index (χ0v) is 12.4. The molecular weight excluding hydrogens is 266 g/mol. The van der Waals surface area contributed by atoms with E-state index in [0.717, 1.165) is 29.9 Å². The van der Waals surface area contributed by atoms with E-state index in [0.29, 0.717) is 6.04 Å². The average Bonchev–Trinajstić information content (AvgIpc) is 2.75. The van der Waals surface area contributed by atoms with Crippen molar-refractivity contribution >= 4 is 17.3 Å². The smallest absolute Gasteiger partial charge is 0.246 e. The molecule has 1 atom stereocenters. The summed E-state index contributed by atoms with van der Waals surface area (Å²) in [5.41, 5.74) is 3.07. The van der Waals surface area contributed by atoms with Gasteiger partial charge in [-0.15, -0.1) is 0 Å². The fraction of sp³-hybridized carbons (Fsp3) is 0.562. The Labute approximate surface area is 125 Å². The molecule has 0 bridgehead atoms. The van der Waals surface area contributed by atoms with Crippen molar-refractivity contribution in [2.45, 2.75) is 37.8 Å². The Hall–Kier alpha value is -1.59. The van der Waals surface area contributed by atoms with Crippen LogP contribution >= 0.6 is 0 Å². The van der Waals surface area contributed by atoms with Crippen molar-refractivity contribution in [2.24, 2.45) is 0 Å². The summed E-state index contributed by atoms with van der Waals surface area (Å²) in [6.45, 7) is 1.08. The maximum absolute atomic E-state index is 11.9. The molecule has 3 N–H and O–H groups in total. The molecule has 0 aromatic heterocycles. The number of nitrogens with zero attached hydrogens (tertiary/aromatic N) is 1. The van der Waals surface area contributed by atoms with E-state index in [1.165, 1.54) is 19.3 Å². The second-order valence-electron chi connectivity index (χ2n) is 5.84. The number of amides is 1. The first-order valence-corrected chi connectivity index (χ1v) is 7.74. The first kappa shape index (κ1) is 14.4. The highest BCUT2D eigenvalue weighted by Crippen LogP contribution is 2.36. The molecule has 1 heterocycles. The predicted octanol–water partition coefficient (Wildman–Crippen LogP) is 1.64. The molecular formula is C16H23N3O2. The van der Waals surface area contributed by atoms with Crippen molar-refractivity contribution < 1.29 is 9.90 Å². The van der Waals surface area contributed by atoms with Crippen LogP contribution in [0.1, 0.15) is 37.3 Å². The number of rotatable bonds is 6. The van der Waals surface area contributed by atoms with E-state index in [1.54, 1.807) is 7.05 Å². The molecule has 0 saturated heterocycles. The minimum absolute atomic E-state index is 0.00945. The molecule has 21 heavy (non-hydrogen) atoms. The van der Waals surface area contributed by atoms with E-state index in [-0.39, 0.29) is 18.6 Å². The average molecular weight is 289 g/mol. The second-order valence-corrected chi connectivity index (χ2v) is 5.84. The molecule has 1 aromatic carbocycles. The van der Waals surface area contributed by atoms with Gasteiger partial charge in [0.1, 0.15) is 6.04 Å². The lowest BCUT2D eigenvalue weighted by Gasteiger charge is -2.39. The van der Waals surface area contributed by atoms with Gasteiger partial charge >= 0.3 is 0 Å². The minimum Gasteiger partial charge on any atom is -0.396 e.